The Labute approximate surface area is 194 Å². The molecule has 0 aliphatic carbocycles. The topological polar surface area (TPSA) is 106 Å². The van der Waals surface area contributed by atoms with Crippen LogP contribution in [0.15, 0.2) is 100 Å². The van der Waals surface area contributed by atoms with E-state index >= 15 is 0 Å². The van der Waals surface area contributed by atoms with Gasteiger partial charge in [0, 0.05) is 5.69 Å². The van der Waals surface area contributed by atoms with Gasteiger partial charge in [0.25, 0.3) is 5.91 Å². The second kappa shape index (κ2) is 9.45. The maximum Gasteiger partial charge on any atom is 0.251 e. The summed E-state index contributed by atoms with van der Waals surface area (Å²) in [6.45, 7) is 0.0612. The first-order chi connectivity index (χ1) is 16.7. The summed E-state index contributed by atoms with van der Waals surface area (Å²) >= 11 is 0. The van der Waals surface area contributed by atoms with Crippen molar-refractivity contribution in [2.24, 2.45) is 0 Å². The van der Waals surface area contributed by atoms with Crippen molar-refractivity contribution in [1.82, 2.24) is 20.3 Å². The molecular weight excluding hydrogens is 434 g/mol. The van der Waals surface area contributed by atoms with E-state index in [4.69, 9.17) is 8.83 Å². The predicted octanol–water partition coefficient (Wildman–Crippen LogP) is 3.71. The van der Waals surface area contributed by atoms with E-state index in [1.807, 2.05) is 30.3 Å². The van der Waals surface area contributed by atoms with E-state index in [9.17, 15) is 9.59 Å². The van der Waals surface area contributed by atoms with E-state index in [2.05, 4.69) is 15.6 Å². The zero-order chi connectivity index (χ0) is 23.3. The van der Waals surface area contributed by atoms with Crippen molar-refractivity contribution in [3.8, 4) is 0 Å². The molecule has 1 atom stereocenters. The molecule has 0 saturated carbocycles. The lowest BCUT2D eigenvalue weighted by molar-refractivity contribution is -0.127. The van der Waals surface area contributed by atoms with Crippen LogP contribution in [0, 0.1) is 0 Å². The minimum absolute atomic E-state index is 0.113. The van der Waals surface area contributed by atoms with Crippen LogP contribution < -0.4 is 10.2 Å². The lowest BCUT2D eigenvalue weighted by Gasteiger charge is -2.30. The van der Waals surface area contributed by atoms with Crippen LogP contribution in [0.4, 0.5) is 5.69 Å². The number of rotatable bonds is 8. The molecule has 34 heavy (non-hydrogen) atoms. The largest absolute Gasteiger partial charge is 0.467 e. The average molecular weight is 455 g/mol. The molecule has 0 unspecified atom stereocenters. The third-order valence-corrected chi connectivity index (χ3v) is 5.34. The van der Waals surface area contributed by atoms with Gasteiger partial charge in [-0.15, -0.1) is 5.10 Å². The molecule has 2 amide bonds. The summed E-state index contributed by atoms with van der Waals surface area (Å²) < 4.78 is 12.4. The Hall–Kier alpha value is -4.66. The quantitative estimate of drug-likeness (QED) is 0.382. The highest BCUT2D eigenvalue weighted by atomic mass is 16.3. The van der Waals surface area contributed by atoms with Crippen LogP contribution in [0.2, 0.25) is 0 Å². The molecule has 9 nitrogen and oxygen atoms in total. The Morgan fingerprint density at radius 1 is 0.912 bits per heavy atom. The van der Waals surface area contributed by atoms with Gasteiger partial charge in [-0.1, -0.05) is 35.5 Å². The zero-order valence-electron chi connectivity index (χ0n) is 18.1. The summed E-state index contributed by atoms with van der Waals surface area (Å²) in [4.78, 5) is 28.6. The number of nitrogens with zero attached hydrogens (tertiary/aromatic N) is 4. The van der Waals surface area contributed by atoms with E-state index in [-0.39, 0.29) is 19.0 Å². The number of amides is 2. The van der Waals surface area contributed by atoms with Crippen molar-refractivity contribution >= 4 is 28.5 Å². The first kappa shape index (κ1) is 21.2. The highest BCUT2D eigenvalue weighted by Crippen LogP contribution is 2.29. The smallest absolute Gasteiger partial charge is 0.251 e. The van der Waals surface area contributed by atoms with Crippen LogP contribution in [0.5, 0.6) is 0 Å². The van der Waals surface area contributed by atoms with Gasteiger partial charge >= 0.3 is 0 Å². The van der Waals surface area contributed by atoms with Crippen LogP contribution >= 0.6 is 0 Å². The van der Waals surface area contributed by atoms with Crippen LogP contribution in [0.1, 0.15) is 17.6 Å². The van der Waals surface area contributed by atoms with Gasteiger partial charge in [0.05, 0.1) is 24.6 Å². The minimum Gasteiger partial charge on any atom is -0.467 e. The fraction of sp³-hybridized carbons (Fsp3) is 0.120. The molecule has 0 saturated heterocycles. The first-order valence-electron chi connectivity index (χ1n) is 10.7. The monoisotopic (exact) mass is 455 g/mol. The van der Waals surface area contributed by atoms with Crippen molar-refractivity contribution in [2.45, 2.75) is 19.1 Å². The number of nitrogens with one attached hydrogen (secondary N) is 1. The Bertz CT molecular complexity index is 1380. The molecule has 0 spiro atoms. The van der Waals surface area contributed by atoms with Gasteiger partial charge in [0.15, 0.2) is 6.04 Å². The molecule has 3 heterocycles. The summed E-state index contributed by atoms with van der Waals surface area (Å²) in [6, 6.07) is 22.2. The normalized spacial score (nSPS) is 11.9. The molecule has 3 aromatic heterocycles. The van der Waals surface area contributed by atoms with E-state index in [1.165, 1.54) is 22.1 Å². The van der Waals surface area contributed by atoms with Crippen LogP contribution in [-0.2, 0) is 22.7 Å². The van der Waals surface area contributed by atoms with Crippen molar-refractivity contribution < 1.29 is 18.4 Å². The molecule has 5 rings (SSSR count). The predicted molar refractivity (Wildman–Crippen MR) is 123 cm³/mol. The van der Waals surface area contributed by atoms with E-state index in [0.29, 0.717) is 22.7 Å². The summed E-state index contributed by atoms with van der Waals surface area (Å²) in [5, 5.41) is 11.1. The Morgan fingerprint density at radius 2 is 1.68 bits per heavy atom. The minimum atomic E-state index is -1.05. The van der Waals surface area contributed by atoms with E-state index in [0.717, 1.165) is 5.52 Å². The fourth-order valence-corrected chi connectivity index (χ4v) is 3.77. The summed E-state index contributed by atoms with van der Waals surface area (Å²) in [5.74, 6) is 0.166. The standard InChI is InChI=1S/C25H21N5O4/c31-23(17-29-21-12-5-4-11-20(21)27-28-29)30(18-8-2-1-3-9-18)24(22-13-7-15-34-22)25(32)26-16-19-10-6-14-33-19/h1-15,24H,16-17H2,(H,26,32)/t24-/m0/s1. The molecule has 5 aromatic rings. The molecule has 170 valence electrons. The number of carbonyl (C=O) groups excluding carboxylic acids is 2. The van der Waals surface area contributed by atoms with Gasteiger partial charge in [-0.3, -0.25) is 14.5 Å². The average Bonchev–Trinajstić information content (AvgIpc) is 3.64. The number of aromatic nitrogens is 3. The van der Waals surface area contributed by atoms with E-state index < -0.39 is 11.9 Å². The molecule has 9 heteroatoms. The second-order valence-electron chi connectivity index (χ2n) is 7.55. The SMILES string of the molecule is O=C(NCc1ccco1)[C@H](c1ccco1)N(C(=O)Cn1nnc2ccccc21)c1ccccc1. The number of anilines is 1. The maximum atomic E-state index is 13.7. The lowest BCUT2D eigenvalue weighted by atomic mass is 10.1. The highest BCUT2D eigenvalue weighted by molar-refractivity contribution is 6.01. The molecule has 0 aliphatic heterocycles. The molecule has 0 bridgehead atoms. The van der Waals surface area contributed by atoms with Crippen molar-refractivity contribution in [2.75, 3.05) is 4.90 Å². The third kappa shape index (κ3) is 4.31. The number of para-hydroxylation sites is 2. The van der Waals surface area contributed by atoms with E-state index in [1.54, 1.807) is 48.5 Å². The van der Waals surface area contributed by atoms with Crippen LogP contribution in [0.25, 0.3) is 11.0 Å². The number of furan rings is 2. The summed E-state index contributed by atoms with van der Waals surface area (Å²) in [5.41, 5.74) is 1.95. The molecular formula is C25H21N5O4. The number of hydrogen-bond acceptors (Lipinski definition) is 6. The van der Waals surface area contributed by atoms with Gasteiger partial charge in [-0.2, -0.15) is 0 Å². The molecule has 0 aliphatic rings. The lowest BCUT2D eigenvalue weighted by Crippen LogP contribution is -2.45. The summed E-state index contributed by atoms with van der Waals surface area (Å²) in [6.07, 6.45) is 3.01. The zero-order valence-corrected chi connectivity index (χ0v) is 18.1. The number of carbonyl (C=O) groups is 2. The van der Waals surface area contributed by atoms with Crippen molar-refractivity contribution in [3.63, 3.8) is 0 Å². The Morgan fingerprint density at radius 3 is 2.44 bits per heavy atom. The van der Waals surface area contributed by atoms with Gasteiger partial charge in [-0.25, -0.2) is 4.68 Å². The van der Waals surface area contributed by atoms with Crippen LogP contribution in [0.3, 0.4) is 0 Å². The van der Waals surface area contributed by atoms with Gasteiger partial charge in [-0.05, 0) is 48.5 Å². The summed E-state index contributed by atoms with van der Waals surface area (Å²) in [7, 11) is 0. The fourth-order valence-electron chi connectivity index (χ4n) is 3.77. The first-order valence-corrected chi connectivity index (χ1v) is 10.7. The third-order valence-electron chi connectivity index (χ3n) is 5.34. The second-order valence-corrected chi connectivity index (χ2v) is 7.55. The van der Waals surface area contributed by atoms with Crippen molar-refractivity contribution in [1.29, 1.82) is 0 Å². The molecule has 1 N–H and O–H groups in total. The Balaban J connectivity index is 1.50. The maximum absolute atomic E-state index is 13.7. The van der Waals surface area contributed by atoms with Gasteiger partial charge in [0.1, 0.15) is 23.6 Å². The Kier molecular flexibility index (Phi) is 5.89. The number of benzene rings is 2. The van der Waals surface area contributed by atoms with Gasteiger partial charge < -0.3 is 14.2 Å². The highest BCUT2D eigenvalue weighted by Gasteiger charge is 2.35. The number of hydrogen-bond donors (Lipinski definition) is 1. The molecule has 0 radical (unpaired) electrons. The number of fused-ring (bicyclic) bond motifs is 1. The van der Waals surface area contributed by atoms with Crippen LogP contribution in [-0.4, -0.2) is 26.8 Å². The van der Waals surface area contributed by atoms with Gasteiger partial charge in [0.2, 0.25) is 5.91 Å². The molecule has 0 fully saturated rings. The molecule has 2 aromatic carbocycles. The van der Waals surface area contributed by atoms with Crippen molar-refractivity contribution in [3.05, 3.63) is 103 Å².